The summed E-state index contributed by atoms with van der Waals surface area (Å²) in [6.07, 6.45) is 4.43. The maximum atomic E-state index is 12.2. The van der Waals surface area contributed by atoms with E-state index in [2.05, 4.69) is 35.7 Å². The molecule has 0 saturated carbocycles. The van der Waals surface area contributed by atoms with E-state index in [1.165, 1.54) is 18.6 Å². The molecule has 1 aliphatic rings. The lowest BCUT2D eigenvalue weighted by molar-refractivity contribution is -0.383. The normalized spacial score (nSPS) is 13.5. The van der Waals surface area contributed by atoms with Crippen LogP contribution >= 0.6 is 0 Å². The molecule has 0 radical (unpaired) electrons. The maximum absolute atomic E-state index is 12.2. The number of amides is 1. The van der Waals surface area contributed by atoms with Gasteiger partial charge >= 0.3 is 5.69 Å². The van der Waals surface area contributed by atoms with Crippen molar-refractivity contribution >= 4 is 29.0 Å². The van der Waals surface area contributed by atoms with Crippen LogP contribution in [0.25, 0.3) is 0 Å². The molecule has 0 unspecified atom stereocenters. The quantitative estimate of drug-likeness (QED) is 0.441. The van der Waals surface area contributed by atoms with E-state index < -0.39 is 10.8 Å². The molecular weight excluding hydrogens is 402 g/mol. The van der Waals surface area contributed by atoms with Gasteiger partial charge in [0.25, 0.3) is 5.91 Å². The minimum absolute atomic E-state index is 0.105. The molecule has 0 spiro atoms. The van der Waals surface area contributed by atoms with Crippen LogP contribution in [-0.2, 0) is 0 Å². The number of nitrogens with zero attached hydrogens (tertiary/aromatic N) is 7. The van der Waals surface area contributed by atoms with Gasteiger partial charge in [0.1, 0.15) is 17.8 Å². The van der Waals surface area contributed by atoms with Crippen LogP contribution in [0.2, 0.25) is 0 Å². The van der Waals surface area contributed by atoms with Crippen molar-refractivity contribution in [2.45, 2.75) is 0 Å². The lowest BCUT2D eigenvalue weighted by Crippen LogP contribution is -2.47. The number of hydrazine groups is 1. The number of piperazine rings is 1. The highest BCUT2D eigenvalue weighted by Crippen LogP contribution is 2.32. The van der Waals surface area contributed by atoms with Crippen molar-refractivity contribution in [1.29, 1.82) is 0 Å². The van der Waals surface area contributed by atoms with Crippen LogP contribution in [0, 0.1) is 10.1 Å². The number of hydrogen-bond acceptors (Lipinski definition) is 10. The number of nitrogens with one attached hydrogen (secondary N) is 2. The second-order valence-corrected chi connectivity index (χ2v) is 6.61. The zero-order valence-electron chi connectivity index (χ0n) is 16.4. The summed E-state index contributed by atoms with van der Waals surface area (Å²) in [5.74, 6) is 0.402. The minimum Gasteiger partial charge on any atom is -0.353 e. The molecule has 158 valence electrons. The van der Waals surface area contributed by atoms with E-state index in [0.29, 0.717) is 26.2 Å². The van der Waals surface area contributed by atoms with Crippen molar-refractivity contribution < 1.29 is 9.72 Å². The Morgan fingerprint density at radius 3 is 2.29 bits per heavy atom. The summed E-state index contributed by atoms with van der Waals surface area (Å²) < 4.78 is 0. The van der Waals surface area contributed by atoms with Gasteiger partial charge in [0.2, 0.25) is 11.6 Å². The highest BCUT2D eigenvalue weighted by molar-refractivity contribution is 5.93. The van der Waals surface area contributed by atoms with Crippen molar-refractivity contribution in [3.8, 4) is 0 Å². The van der Waals surface area contributed by atoms with Crippen LogP contribution in [0.1, 0.15) is 10.5 Å². The van der Waals surface area contributed by atoms with Crippen LogP contribution in [0.5, 0.6) is 0 Å². The SMILES string of the molecule is O=C(NNc1ncnc(N2CCN(c3ccccn3)CC2)c1[N+](=O)[O-])c1ccccn1. The molecule has 1 aliphatic heterocycles. The van der Waals surface area contributed by atoms with Gasteiger partial charge in [-0.05, 0) is 24.3 Å². The molecule has 1 fully saturated rings. The number of aromatic nitrogens is 4. The topological polar surface area (TPSA) is 142 Å². The van der Waals surface area contributed by atoms with Gasteiger partial charge in [-0.15, -0.1) is 0 Å². The third kappa shape index (κ3) is 4.47. The molecule has 0 bridgehead atoms. The van der Waals surface area contributed by atoms with Crippen molar-refractivity contribution in [3.05, 3.63) is 70.9 Å². The Morgan fingerprint density at radius 1 is 0.935 bits per heavy atom. The highest BCUT2D eigenvalue weighted by atomic mass is 16.6. The first-order valence-electron chi connectivity index (χ1n) is 9.51. The summed E-state index contributed by atoms with van der Waals surface area (Å²) in [5, 5.41) is 11.8. The zero-order valence-corrected chi connectivity index (χ0v) is 16.4. The van der Waals surface area contributed by atoms with Crippen LogP contribution in [0.3, 0.4) is 0 Å². The molecule has 31 heavy (non-hydrogen) atoms. The third-order valence-electron chi connectivity index (χ3n) is 4.73. The molecule has 1 amide bonds. The summed E-state index contributed by atoms with van der Waals surface area (Å²) in [6, 6.07) is 10.6. The van der Waals surface area contributed by atoms with E-state index in [1.807, 2.05) is 23.1 Å². The van der Waals surface area contributed by atoms with E-state index in [-0.39, 0.29) is 23.0 Å². The number of carbonyl (C=O) groups is 1. The monoisotopic (exact) mass is 421 g/mol. The standard InChI is InChI=1S/C19H19N9O3/c29-19(14-5-1-3-7-20-14)25-24-17-16(28(30)31)18(23-13-22-17)27-11-9-26(10-12-27)15-6-2-4-8-21-15/h1-8,13H,9-12H2,(H,25,29)(H,22,23,24). The fourth-order valence-corrected chi connectivity index (χ4v) is 3.23. The Kier molecular flexibility index (Phi) is 5.78. The largest absolute Gasteiger partial charge is 0.355 e. The highest BCUT2D eigenvalue weighted by Gasteiger charge is 2.29. The summed E-state index contributed by atoms with van der Waals surface area (Å²) >= 11 is 0. The van der Waals surface area contributed by atoms with E-state index in [9.17, 15) is 14.9 Å². The van der Waals surface area contributed by atoms with E-state index in [1.54, 1.807) is 18.3 Å². The van der Waals surface area contributed by atoms with Crippen molar-refractivity contribution in [2.75, 3.05) is 41.4 Å². The van der Waals surface area contributed by atoms with Gasteiger partial charge in [0, 0.05) is 38.6 Å². The Balaban J connectivity index is 1.49. The number of pyridine rings is 2. The fourth-order valence-electron chi connectivity index (χ4n) is 3.23. The van der Waals surface area contributed by atoms with Gasteiger partial charge in [-0.3, -0.25) is 30.7 Å². The number of nitro groups is 1. The molecule has 0 atom stereocenters. The number of hydrogen-bond donors (Lipinski definition) is 2. The van der Waals surface area contributed by atoms with Crippen molar-refractivity contribution in [3.63, 3.8) is 0 Å². The Morgan fingerprint density at radius 2 is 1.65 bits per heavy atom. The van der Waals surface area contributed by atoms with Gasteiger partial charge in [-0.1, -0.05) is 12.1 Å². The Labute approximate surface area is 177 Å². The van der Waals surface area contributed by atoms with E-state index >= 15 is 0 Å². The Bertz CT molecular complexity index is 1060. The molecule has 3 aromatic heterocycles. The summed E-state index contributed by atoms with van der Waals surface area (Å²) in [6.45, 7) is 2.32. The first kappa shape index (κ1) is 19.9. The number of anilines is 3. The van der Waals surface area contributed by atoms with Crippen molar-refractivity contribution in [1.82, 2.24) is 25.4 Å². The first-order chi connectivity index (χ1) is 15.1. The molecule has 12 nitrogen and oxygen atoms in total. The van der Waals surface area contributed by atoms with Gasteiger partial charge in [0.15, 0.2) is 0 Å². The molecule has 2 N–H and O–H groups in total. The Hall–Kier alpha value is -4.35. The predicted octanol–water partition coefficient (Wildman–Crippen LogP) is 1.26. The molecule has 4 heterocycles. The first-order valence-corrected chi connectivity index (χ1v) is 9.51. The molecule has 1 saturated heterocycles. The van der Waals surface area contributed by atoms with Crippen LogP contribution in [-0.4, -0.2) is 56.9 Å². The lowest BCUT2D eigenvalue weighted by Gasteiger charge is -2.35. The molecule has 3 aromatic rings. The van der Waals surface area contributed by atoms with Crippen LogP contribution < -0.4 is 20.7 Å². The minimum atomic E-state index is -0.560. The number of carbonyl (C=O) groups excluding carboxylic acids is 1. The van der Waals surface area contributed by atoms with Crippen molar-refractivity contribution in [2.24, 2.45) is 0 Å². The average Bonchev–Trinajstić information content (AvgIpc) is 2.83. The van der Waals surface area contributed by atoms with Crippen LogP contribution in [0.15, 0.2) is 55.1 Å². The zero-order chi connectivity index (χ0) is 21.6. The number of rotatable bonds is 6. The molecule has 4 rings (SSSR count). The van der Waals surface area contributed by atoms with Gasteiger partial charge in [-0.2, -0.15) is 0 Å². The smallest absolute Gasteiger partial charge is 0.353 e. The fraction of sp³-hybridized carbons (Fsp3) is 0.211. The van der Waals surface area contributed by atoms with Crippen LogP contribution in [0.4, 0.5) is 23.1 Å². The van der Waals surface area contributed by atoms with Gasteiger partial charge in [-0.25, -0.2) is 15.0 Å². The molecular formula is C19H19N9O3. The summed E-state index contributed by atoms with van der Waals surface area (Å²) in [7, 11) is 0. The van der Waals surface area contributed by atoms with Gasteiger partial charge < -0.3 is 9.80 Å². The predicted molar refractivity (Wildman–Crippen MR) is 113 cm³/mol. The summed E-state index contributed by atoms with van der Waals surface area (Å²) in [4.78, 5) is 43.7. The second-order valence-electron chi connectivity index (χ2n) is 6.61. The van der Waals surface area contributed by atoms with E-state index in [0.717, 1.165) is 5.82 Å². The summed E-state index contributed by atoms with van der Waals surface area (Å²) in [5.41, 5.74) is 4.77. The maximum Gasteiger partial charge on any atom is 0.355 e. The second kappa shape index (κ2) is 8.98. The lowest BCUT2D eigenvalue weighted by atomic mass is 10.3. The van der Waals surface area contributed by atoms with Gasteiger partial charge in [0.05, 0.1) is 4.92 Å². The molecule has 0 aliphatic carbocycles. The van der Waals surface area contributed by atoms with E-state index in [4.69, 9.17) is 0 Å². The molecule has 0 aromatic carbocycles. The average molecular weight is 421 g/mol. The third-order valence-corrected chi connectivity index (χ3v) is 4.73. The molecule has 12 heteroatoms.